The maximum absolute atomic E-state index is 6.15. The first-order chi connectivity index (χ1) is 7.29. The Balaban J connectivity index is 1.72. The van der Waals surface area contributed by atoms with Crippen molar-refractivity contribution in [3.63, 3.8) is 0 Å². The van der Waals surface area contributed by atoms with Crippen LogP contribution in [0.25, 0.3) is 0 Å². The Morgan fingerprint density at radius 2 is 1.80 bits per heavy atom. The fourth-order valence-electron chi connectivity index (χ4n) is 4.04. The first-order valence-corrected chi connectivity index (χ1v) is 6.82. The summed E-state index contributed by atoms with van der Waals surface area (Å²) in [5.41, 5.74) is 6.15. The van der Waals surface area contributed by atoms with E-state index in [0.29, 0.717) is 6.04 Å². The molecule has 2 nitrogen and oxygen atoms in total. The highest BCUT2D eigenvalue weighted by atomic mass is 15.3. The predicted molar refractivity (Wildman–Crippen MR) is 62.7 cm³/mol. The van der Waals surface area contributed by atoms with Gasteiger partial charge in [-0.25, -0.2) is 0 Å². The number of nitrogens with zero attached hydrogens (tertiary/aromatic N) is 1. The number of fused-ring (bicyclic) bond motifs is 2. The lowest BCUT2D eigenvalue weighted by Gasteiger charge is -2.48. The van der Waals surface area contributed by atoms with Crippen LogP contribution in [0, 0.1) is 5.92 Å². The van der Waals surface area contributed by atoms with Gasteiger partial charge in [0.15, 0.2) is 0 Å². The molecule has 2 heterocycles. The van der Waals surface area contributed by atoms with Gasteiger partial charge in [-0.3, -0.25) is 4.90 Å². The molecule has 3 rings (SSSR count). The fourth-order valence-corrected chi connectivity index (χ4v) is 4.04. The lowest BCUT2D eigenvalue weighted by molar-refractivity contribution is 0.0198. The van der Waals surface area contributed by atoms with Gasteiger partial charge >= 0.3 is 0 Å². The molecule has 0 radical (unpaired) electrons. The number of hydrogen-bond acceptors (Lipinski definition) is 2. The molecule has 3 aliphatic rings. The van der Waals surface area contributed by atoms with Crippen molar-refractivity contribution < 1.29 is 0 Å². The summed E-state index contributed by atoms with van der Waals surface area (Å²) in [5.74, 6) is 1.02. The number of hydrogen-bond donors (Lipinski definition) is 1. The van der Waals surface area contributed by atoms with Gasteiger partial charge in [-0.05, 0) is 38.0 Å². The molecule has 1 saturated carbocycles. The van der Waals surface area contributed by atoms with Crippen LogP contribution >= 0.6 is 0 Å². The summed E-state index contributed by atoms with van der Waals surface area (Å²) in [4.78, 5) is 2.88. The zero-order valence-corrected chi connectivity index (χ0v) is 9.86. The Kier molecular flexibility index (Phi) is 2.52. The van der Waals surface area contributed by atoms with Crippen LogP contribution in [0.4, 0.5) is 0 Å². The molecule has 0 aromatic rings. The van der Waals surface area contributed by atoms with E-state index in [0.717, 1.165) is 24.0 Å². The zero-order valence-electron chi connectivity index (χ0n) is 9.86. The molecule has 4 unspecified atom stereocenters. The van der Waals surface area contributed by atoms with E-state index < -0.39 is 0 Å². The van der Waals surface area contributed by atoms with Crippen molar-refractivity contribution in [2.45, 2.75) is 76.0 Å². The zero-order chi connectivity index (χ0) is 10.4. The van der Waals surface area contributed by atoms with Crippen molar-refractivity contribution in [1.29, 1.82) is 0 Å². The first kappa shape index (κ1) is 10.1. The molecule has 2 N–H and O–H groups in total. The standard InChI is InChI=1S/C13H24N2/c1-2-9-6-13(9)15-11-4-3-5-12(15)8-10(14)7-11/h9-13H,2-8,14H2,1H3. The lowest BCUT2D eigenvalue weighted by Crippen LogP contribution is -2.56. The van der Waals surface area contributed by atoms with Crippen LogP contribution < -0.4 is 5.73 Å². The molecule has 2 bridgehead atoms. The van der Waals surface area contributed by atoms with Crippen LogP contribution in [-0.2, 0) is 0 Å². The van der Waals surface area contributed by atoms with Gasteiger partial charge in [0.1, 0.15) is 0 Å². The second kappa shape index (κ2) is 3.74. The summed E-state index contributed by atoms with van der Waals surface area (Å²) in [6, 6.07) is 3.12. The third-order valence-electron chi connectivity index (χ3n) is 4.86. The number of nitrogens with two attached hydrogens (primary N) is 1. The molecule has 86 valence electrons. The van der Waals surface area contributed by atoms with Crippen LogP contribution in [0.5, 0.6) is 0 Å². The summed E-state index contributed by atoms with van der Waals surface area (Å²) in [7, 11) is 0. The quantitative estimate of drug-likeness (QED) is 0.753. The SMILES string of the molecule is CCC1CC1N1C2CCCC1CC(N)C2. The van der Waals surface area contributed by atoms with E-state index >= 15 is 0 Å². The second-order valence-electron chi connectivity index (χ2n) is 5.89. The summed E-state index contributed by atoms with van der Waals surface area (Å²) >= 11 is 0. The Hall–Kier alpha value is -0.0800. The largest absolute Gasteiger partial charge is 0.328 e. The highest BCUT2D eigenvalue weighted by Gasteiger charge is 2.48. The van der Waals surface area contributed by atoms with Crippen molar-refractivity contribution in [1.82, 2.24) is 4.90 Å². The molecule has 2 heteroatoms. The number of rotatable bonds is 2. The molecular formula is C13H24N2. The molecule has 2 aliphatic heterocycles. The van der Waals surface area contributed by atoms with Crippen LogP contribution in [0.1, 0.15) is 51.9 Å². The summed E-state index contributed by atoms with van der Waals surface area (Å²) in [6.07, 6.45) is 9.66. The fraction of sp³-hybridized carbons (Fsp3) is 1.00. The van der Waals surface area contributed by atoms with E-state index in [1.807, 2.05) is 0 Å². The highest BCUT2D eigenvalue weighted by molar-refractivity contribution is 5.04. The Morgan fingerprint density at radius 3 is 2.33 bits per heavy atom. The lowest BCUT2D eigenvalue weighted by atomic mass is 9.82. The number of piperidine rings is 2. The Morgan fingerprint density at radius 1 is 1.13 bits per heavy atom. The van der Waals surface area contributed by atoms with Gasteiger partial charge in [0.2, 0.25) is 0 Å². The molecule has 0 aromatic carbocycles. The topological polar surface area (TPSA) is 29.3 Å². The van der Waals surface area contributed by atoms with Gasteiger partial charge < -0.3 is 5.73 Å². The van der Waals surface area contributed by atoms with Crippen molar-refractivity contribution in [2.24, 2.45) is 11.7 Å². The van der Waals surface area contributed by atoms with Crippen molar-refractivity contribution >= 4 is 0 Å². The van der Waals surface area contributed by atoms with Crippen molar-refractivity contribution in [3.05, 3.63) is 0 Å². The third-order valence-corrected chi connectivity index (χ3v) is 4.86. The molecule has 0 aromatic heterocycles. The normalized spacial score (nSPS) is 50.4. The van der Waals surface area contributed by atoms with E-state index in [4.69, 9.17) is 5.73 Å². The Labute approximate surface area is 93.2 Å². The van der Waals surface area contributed by atoms with E-state index in [-0.39, 0.29) is 0 Å². The van der Waals surface area contributed by atoms with Crippen molar-refractivity contribution in [3.8, 4) is 0 Å². The van der Waals surface area contributed by atoms with E-state index in [2.05, 4.69) is 11.8 Å². The van der Waals surface area contributed by atoms with Crippen LogP contribution in [0.3, 0.4) is 0 Å². The third kappa shape index (κ3) is 1.72. The maximum Gasteiger partial charge on any atom is 0.0133 e. The molecule has 4 atom stereocenters. The van der Waals surface area contributed by atoms with Gasteiger partial charge in [-0.2, -0.15) is 0 Å². The van der Waals surface area contributed by atoms with E-state index in [1.54, 1.807) is 0 Å². The average molecular weight is 208 g/mol. The molecule has 3 fully saturated rings. The summed E-state index contributed by atoms with van der Waals surface area (Å²) < 4.78 is 0. The monoisotopic (exact) mass is 208 g/mol. The van der Waals surface area contributed by atoms with E-state index in [1.165, 1.54) is 44.9 Å². The minimum atomic E-state index is 0.496. The van der Waals surface area contributed by atoms with E-state index in [9.17, 15) is 0 Å². The van der Waals surface area contributed by atoms with Crippen LogP contribution in [0.2, 0.25) is 0 Å². The smallest absolute Gasteiger partial charge is 0.0133 e. The van der Waals surface area contributed by atoms with Gasteiger partial charge in [0, 0.05) is 24.2 Å². The minimum absolute atomic E-state index is 0.496. The first-order valence-electron chi connectivity index (χ1n) is 6.82. The Bertz CT molecular complexity index is 227. The molecule has 0 amide bonds. The molecule has 2 saturated heterocycles. The van der Waals surface area contributed by atoms with Gasteiger partial charge in [0.05, 0.1) is 0 Å². The molecular weight excluding hydrogens is 184 g/mol. The second-order valence-corrected chi connectivity index (χ2v) is 5.89. The van der Waals surface area contributed by atoms with Crippen LogP contribution in [0.15, 0.2) is 0 Å². The molecule has 15 heavy (non-hydrogen) atoms. The predicted octanol–water partition coefficient (Wildman–Crippen LogP) is 2.13. The average Bonchev–Trinajstić information content (AvgIpc) is 2.95. The maximum atomic E-state index is 6.15. The van der Waals surface area contributed by atoms with Gasteiger partial charge in [-0.1, -0.05) is 19.8 Å². The minimum Gasteiger partial charge on any atom is -0.328 e. The van der Waals surface area contributed by atoms with Gasteiger partial charge in [0.25, 0.3) is 0 Å². The molecule has 1 aliphatic carbocycles. The van der Waals surface area contributed by atoms with Crippen LogP contribution in [-0.4, -0.2) is 29.1 Å². The summed E-state index contributed by atoms with van der Waals surface area (Å²) in [6.45, 7) is 2.34. The summed E-state index contributed by atoms with van der Waals surface area (Å²) in [5, 5.41) is 0. The van der Waals surface area contributed by atoms with Crippen molar-refractivity contribution in [2.75, 3.05) is 0 Å². The molecule has 0 spiro atoms. The van der Waals surface area contributed by atoms with Gasteiger partial charge in [-0.15, -0.1) is 0 Å². The highest BCUT2D eigenvalue weighted by Crippen LogP contribution is 2.46.